The molecule has 1 saturated heterocycles. The predicted octanol–water partition coefficient (Wildman–Crippen LogP) is 2.00. The number of rotatable bonds is 8. The van der Waals surface area contributed by atoms with Gasteiger partial charge in [0.05, 0.1) is 5.69 Å². The van der Waals surface area contributed by atoms with Crippen LogP contribution in [0.1, 0.15) is 38.5 Å². The van der Waals surface area contributed by atoms with Crippen molar-refractivity contribution in [2.75, 3.05) is 26.9 Å². The third kappa shape index (κ3) is 3.81. The van der Waals surface area contributed by atoms with Crippen LogP contribution in [0.5, 0.6) is 0 Å². The van der Waals surface area contributed by atoms with Gasteiger partial charge in [-0.3, -0.25) is 4.68 Å². The minimum atomic E-state index is 0.180. The minimum absolute atomic E-state index is 0.180. The van der Waals surface area contributed by atoms with Crippen molar-refractivity contribution in [3.05, 3.63) is 18.0 Å². The second-order valence-electron chi connectivity index (χ2n) is 5.50. The monoisotopic (exact) mass is 281 g/mol. The van der Waals surface area contributed by atoms with E-state index in [0.717, 1.165) is 39.1 Å². The fourth-order valence-corrected chi connectivity index (χ4v) is 2.77. The molecule has 1 aliphatic rings. The van der Waals surface area contributed by atoms with Crippen LogP contribution in [-0.2, 0) is 16.0 Å². The first-order chi connectivity index (χ1) is 9.76. The average molecular weight is 281 g/mol. The lowest BCUT2D eigenvalue weighted by atomic mass is 9.98. The van der Waals surface area contributed by atoms with Crippen LogP contribution in [0.3, 0.4) is 0 Å². The molecule has 0 amide bonds. The van der Waals surface area contributed by atoms with Gasteiger partial charge in [0.15, 0.2) is 0 Å². The standard InChI is InChI=1S/C15H27N3O2/c1-4-18-14(5-8-17-18)15-13(7-10-20-15)11-16-12(2)6-9-19-3/h5,8,12-13,15-16H,4,6-7,9-11H2,1-3H3/t12-,13-,15+/m0/s1. The molecule has 3 atom stereocenters. The van der Waals surface area contributed by atoms with Gasteiger partial charge in [-0.2, -0.15) is 5.10 Å². The largest absolute Gasteiger partial charge is 0.385 e. The molecule has 0 bridgehead atoms. The van der Waals surface area contributed by atoms with Gasteiger partial charge in [-0.15, -0.1) is 0 Å². The molecule has 1 aliphatic heterocycles. The van der Waals surface area contributed by atoms with Crippen molar-refractivity contribution in [3.63, 3.8) is 0 Å². The highest BCUT2D eigenvalue weighted by molar-refractivity contribution is 5.08. The van der Waals surface area contributed by atoms with Crippen molar-refractivity contribution in [1.82, 2.24) is 15.1 Å². The van der Waals surface area contributed by atoms with E-state index in [1.807, 2.05) is 10.9 Å². The highest BCUT2D eigenvalue weighted by Crippen LogP contribution is 2.34. The highest BCUT2D eigenvalue weighted by atomic mass is 16.5. The van der Waals surface area contributed by atoms with Gasteiger partial charge in [-0.25, -0.2) is 0 Å². The summed E-state index contributed by atoms with van der Waals surface area (Å²) in [4.78, 5) is 0. The van der Waals surface area contributed by atoms with Gasteiger partial charge in [-0.05, 0) is 32.8 Å². The van der Waals surface area contributed by atoms with Gasteiger partial charge < -0.3 is 14.8 Å². The fourth-order valence-electron chi connectivity index (χ4n) is 2.77. The zero-order chi connectivity index (χ0) is 14.4. The first-order valence-electron chi connectivity index (χ1n) is 7.61. The van der Waals surface area contributed by atoms with E-state index >= 15 is 0 Å². The Kier molecular flexibility index (Phi) is 6.01. The molecule has 0 aliphatic carbocycles. The van der Waals surface area contributed by atoms with Crippen molar-refractivity contribution in [3.8, 4) is 0 Å². The summed E-state index contributed by atoms with van der Waals surface area (Å²) >= 11 is 0. The summed E-state index contributed by atoms with van der Waals surface area (Å²) in [6.45, 7) is 7.86. The quantitative estimate of drug-likeness (QED) is 0.792. The van der Waals surface area contributed by atoms with Crippen LogP contribution >= 0.6 is 0 Å². The Morgan fingerprint density at radius 3 is 3.20 bits per heavy atom. The summed E-state index contributed by atoms with van der Waals surface area (Å²) in [6.07, 6.45) is 4.21. The Labute approximate surface area is 121 Å². The maximum absolute atomic E-state index is 5.94. The third-order valence-corrected chi connectivity index (χ3v) is 4.04. The Bertz CT molecular complexity index is 394. The second kappa shape index (κ2) is 7.76. The van der Waals surface area contributed by atoms with Crippen molar-refractivity contribution in [2.24, 2.45) is 5.92 Å². The number of aryl methyl sites for hydroxylation is 1. The van der Waals surface area contributed by atoms with Crippen LogP contribution < -0.4 is 5.32 Å². The number of nitrogens with one attached hydrogen (secondary N) is 1. The summed E-state index contributed by atoms with van der Waals surface area (Å²) in [7, 11) is 1.75. The van der Waals surface area contributed by atoms with E-state index in [2.05, 4.69) is 30.3 Å². The lowest BCUT2D eigenvalue weighted by Crippen LogP contribution is -2.33. The molecule has 20 heavy (non-hydrogen) atoms. The average Bonchev–Trinajstić information content (AvgIpc) is 3.10. The normalized spacial score (nSPS) is 24.1. The van der Waals surface area contributed by atoms with Gasteiger partial charge >= 0.3 is 0 Å². The molecule has 2 rings (SSSR count). The van der Waals surface area contributed by atoms with Crippen LogP contribution in [0.2, 0.25) is 0 Å². The first kappa shape index (κ1) is 15.5. The van der Waals surface area contributed by atoms with Crippen LogP contribution in [-0.4, -0.2) is 42.7 Å². The second-order valence-corrected chi connectivity index (χ2v) is 5.50. The molecule has 5 heteroatoms. The SMILES string of the molecule is CCn1nccc1[C@@H]1OCC[C@H]1CN[C@@H](C)CCOC. The van der Waals surface area contributed by atoms with E-state index in [4.69, 9.17) is 9.47 Å². The molecule has 1 N–H and O–H groups in total. The smallest absolute Gasteiger partial charge is 0.103 e. The molecular weight excluding hydrogens is 254 g/mol. The maximum atomic E-state index is 5.94. The summed E-state index contributed by atoms with van der Waals surface area (Å²) in [5, 5.41) is 7.95. The van der Waals surface area contributed by atoms with E-state index < -0.39 is 0 Å². The first-order valence-corrected chi connectivity index (χ1v) is 7.61. The summed E-state index contributed by atoms with van der Waals surface area (Å²) < 4.78 is 13.1. The number of nitrogens with zero attached hydrogens (tertiary/aromatic N) is 2. The van der Waals surface area contributed by atoms with Crippen molar-refractivity contribution in [1.29, 1.82) is 0 Å². The summed E-state index contributed by atoms with van der Waals surface area (Å²) in [5.74, 6) is 0.530. The Hall–Kier alpha value is -0.910. The van der Waals surface area contributed by atoms with Gasteiger partial charge in [0.1, 0.15) is 6.10 Å². The van der Waals surface area contributed by atoms with E-state index in [0.29, 0.717) is 12.0 Å². The highest BCUT2D eigenvalue weighted by Gasteiger charge is 2.31. The number of ether oxygens (including phenoxy) is 2. The van der Waals surface area contributed by atoms with Crippen molar-refractivity contribution >= 4 is 0 Å². The molecular formula is C15H27N3O2. The van der Waals surface area contributed by atoms with Gasteiger partial charge in [0.25, 0.3) is 0 Å². The van der Waals surface area contributed by atoms with E-state index in [1.54, 1.807) is 7.11 Å². The zero-order valence-corrected chi connectivity index (χ0v) is 12.8. The molecule has 2 heterocycles. The summed E-state index contributed by atoms with van der Waals surface area (Å²) in [6, 6.07) is 2.56. The number of hydrogen-bond acceptors (Lipinski definition) is 4. The Balaban J connectivity index is 1.88. The zero-order valence-electron chi connectivity index (χ0n) is 12.8. The van der Waals surface area contributed by atoms with Gasteiger partial charge in [0.2, 0.25) is 0 Å². The van der Waals surface area contributed by atoms with Crippen molar-refractivity contribution < 1.29 is 9.47 Å². The number of hydrogen-bond donors (Lipinski definition) is 1. The molecule has 0 radical (unpaired) electrons. The van der Waals surface area contributed by atoms with Crippen molar-refractivity contribution in [2.45, 2.75) is 45.4 Å². The Morgan fingerprint density at radius 1 is 1.60 bits per heavy atom. The topological polar surface area (TPSA) is 48.3 Å². The predicted molar refractivity (Wildman–Crippen MR) is 78.7 cm³/mol. The number of aromatic nitrogens is 2. The summed E-state index contributed by atoms with van der Waals surface area (Å²) in [5.41, 5.74) is 1.21. The Morgan fingerprint density at radius 2 is 2.45 bits per heavy atom. The van der Waals surface area contributed by atoms with Crippen LogP contribution in [0.25, 0.3) is 0 Å². The molecule has 114 valence electrons. The van der Waals surface area contributed by atoms with E-state index in [9.17, 15) is 0 Å². The minimum Gasteiger partial charge on any atom is -0.385 e. The molecule has 1 aromatic rings. The van der Waals surface area contributed by atoms with Crippen LogP contribution in [0.15, 0.2) is 12.3 Å². The molecule has 0 unspecified atom stereocenters. The molecule has 0 aromatic carbocycles. The fraction of sp³-hybridized carbons (Fsp3) is 0.800. The van der Waals surface area contributed by atoms with Crippen LogP contribution in [0.4, 0.5) is 0 Å². The van der Waals surface area contributed by atoms with E-state index in [-0.39, 0.29) is 6.10 Å². The third-order valence-electron chi connectivity index (χ3n) is 4.04. The lowest BCUT2D eigenvalue weighted by Gasteiger charge is -2.22. The van der Waals surface area contributed by atoms with E-state index in [1.165, 1.54) is 5.69 Å². The maximum Gasteiger partial charge on any atom is 0.103 e. The molecule has 5 nitrogen and oxygen atoms in total. The molecule has 0 saturated carbocycles. The number of methoxy groups -OCH3 is 1. The molecule has 1 aromatic heterocycles. The van der Waals surface area contributed by atoms with Crippen LogP contribution in [0, 0.1) is 5.92 Å². The molecule has 1 fully saturated rings. The van der Waals surface area contributed by atoms with Gasteiger partial charge in [-0.1, -0.05) is 0 Å². The molecule has 0 spiro atoms. The lowest BCUT2D eigenvalue weighted by molar-refractivity contribution is 0.0821. The van der Waals surface area contributed by atoms with Gasteiger partial charge in [0, 0.05) is 51.6 Å².